The van der Waals surface area contributed by atoms with Crippen molar-refractivity contribution in [3.63, 3.8) is 0 Å². The molecule has 3 aliphatic rings. The minimum absolute atomic E-state index is 0.489. The Morgan fingerprint density at radius 1 is 1.33 bits per heavy atom. The van der Waals surface area contributed by atoms with Gasteiger partial charge in [-0.25, -0.2) is 0 Å². The van der Waals surface area contributed by atoms with Crippen LogP contribution in [0.4, 0.5) is 5.82 Å². The summed E-state index contributed by atoms with van der Waals surface area (Å²) < 4.78 is 10.9. The summed E-state index contributed by atoms with van der Waals surface area (Å²) in [6.07, 6.45) is 2.58. The second-order valence-corrected chi connectivity index (χ2v) is 6.19. The Morgan fingerprint density at radius 2 is 2.14 bits per heavy atom. The van der Waals surface area contributed by atoms with Crippen molar-refractivity contribution in [3.05, 3.63) is 17.7 Å². The molecular weight excluding hydrogens is 266 g/mol. The number of aromatic nitrogens is 1. The van der Waals surface area contributed by atoms with E-state index in [1.165, 1.54) is 25.9 Å². The topological polar surface area (TPSA) is 50.5 Å². The highest BCUT2D eigenvalue weighted by Gasteiger charge is 2.34. The van der Waals surface area contributed by atoms with Crippen LogP contribution in [0.25, 0.3) is 11.0 Å². The molecule has 0 saturated carbocycles. The van der Waals surface area contributed by atoms with Crippen molar-refractivity contribution in [1.82, 2.24) is 10.1 Å². The van der Waals surface area contributed by atoms with E-state index in [0.717, 1.165) is 40.6 Å². The van der Waals surface area contributed by atoms with Crippen LogP contribution in [0.15, 0.2) is 16.7 Å². The number of benzene rings is 1. The summed E-state index contributed by atoms with van der Waals surface area (Å²) in [4.78, 5) is 2.54. The van der Waals surface area contributed by atoms with Gasteiger partial charge in [-0.2, -0.15) is 0 Å². The number of nitrogens with zero attached hydrogens (tertiary/aromatic N) is 2. The summed E-state index contributed by atoms with van der Waals surface area (Å²) in [5.74, 6) is 2.48. The fraction of sp³-hybridized carbons (Fsp3) is 0.562. The zero-order valence-corrected chi connectivity index (χ0v) is 12.6. The van der Waals surface area contributed by atoms with Gasteiger partial charge >= 0.3 is 0 Å². The quantitative estimate of drug-likeness (QED) is 0.940. The van der Waals surface area contributed by atoms with Crippen LogP contribution in [0.2, 0.25) is 0 Å². The largest absolute Gasteiger partial charge is 0.496 e. The number of anilines is 1. The third-order valence-corrected chi connectivity index (χ3v) is 5.04. The van der Waals surface area contributed by atoms with E-state index in [1.54, 1.807) is 7.11 Å². The molecule has 1 N–H and O–H groups in total. The summed E-state index contributed by atoms with van der Waals surface area (Å²) in [6.45, 7) is 5.62. The molecule has 1 atom stereocenters. The van der Waals surface area contributed by atoms with Gasteiger partial charge in [0.25, 0.3) is 0 Å². The molecule has 1 unspecified atom stereocenters. The first kappa shape index (κ1) is 13.0. The molecule has 112 valence electrons. The minimum Gasteiger partial charge on any atom is -0.496 e. The molecule has 5 nitrogen and oxygen atoms in total. The van der Waals surface area contributed by atoms with E-state index in [-0.39, 0.29) is 0 Å². The van der Waals surface area contributed by atoms with Crippen LogP contribution in [-0.2, 0) is 0 Å². The van der Waals surface area contributed by atoms with Gasteiger partial charge in [-0.3, -0.25) is 0 Å². The molecule has 1 aromatic heterocycles. The average molecular weight is 287 g/mol. The van der Waals surface area contributed by atoms with E-state index in [0.29, 0.717) is 6.04 Å². The zero-order chi connectivity index (χ0) is 14.4. The van der Waals surface area contributed by atoms with Crippen LogP contribution in [0, 0.1) is 12.8 Å². The smallest absolute Gasteiger partial charge is 0.177 e. The van der Waals surface area contributed by atoms with Gasteiger partial charge in [0.1, 0.15) is 5.75 Å². The highest BCUT2D eigenvalue weighted by Crippen LogP contribution is 2.34. The van der Waals surface area contributed by atoms with Gasteiger partial charge in [0.05, 0.1) is 12.5 Å². The van der Waals surface area contributed by atoms with Crippen LogP contribution in [0.3, 0.4) is 0 Å². The number of ether oxygens (including phenoxy) is 1. The predicted molar refractivity (Wildman–Crippen MR) is 81.9 cm³/mol. The van der Waals surface area contributed by atoms with Gasteiger partial charge in [0.15, 0.2) is 11.4 Å². The fourth-order valence-electron chi connectivity index (χ4n) is 3.75. The highest BCUT2D eigenvalue weighted by molar-refractivity contribution is 5.91. The maximum absolute atomic E-state index is 5.54. The third kappa shape index (κ3) is 2.07. The minimum atomic E-state index is 0.489. The van der Waals surface area contributed by atoms with Crippen molar-refractivity contribution < 1.29 is 9.26 Å². The van der Waals surface area contributed by atoms with E-state index in [4.69, 9.17) is 9.26 Å². The Balaban J connectivity index is 1.64. The number of methoxy groups -OCH3 is 1. The lowest BCUT2D eigenvalue weighted by atomic mass is 9.84. The first-order valence-electron chi connectivity index (χ1n) is 7.68. The van der Waals surface area contributed by atoms with Gasteiger partial charge in [-0.1, -0.05) is 5.16 Å². The molecule has 0 radical (unpaired) electrons. The Bertz CT molecular complexity index is 659. The van der Waals surface area contributed by atoms with Crippen LogP contribution in [-0.4, -0.2) is 42.8 Å². The van der Waals surface area contributed by atoms with Crippen molar-refractivity contribution in [3.8, 4) is 5.75 Å². The van der Waals surface area contributed by atoms with Gasteiger partial charge in [0, 0.05) is 18.2 Å². The van der Waals surface area contributed by atoms with Crippen LogP contribution in [0.5, 0.6) is 5.75 Å². The van der Waals surface area contributed by atoms with E-state index < -0.39 is 0 Å². The molecule has 0 spiro atoms. The Hall–Kier alpha value is -1.75. The van der Waals surface area contributed by atoms with Crippen molar-refractivity contribution in [2.75, 3.05) is 32.1 Å². The van der Waals surface area contributed by atoms with Crippen molar-refractivity contribution in [2.24, 2.45) is 5.92 Å². The van der Waals surface area contributed by atoms with Crippen molar-refractivity contribution in [1.29, 1.82) is 0 Å². The third-order valence-electron chi connectivity index (χ3n) is 5.04. The summed E-state index contributed by atoms with van der Waals surface area (Å²) in [5, 5.41) is 8.91. The van der Waals surface area contributed by atoms with E-state index in [1.807, 2.05) is 19.1 Å². The first-order chi connectivity index (χ1) is 10.3. The lowest BCUT2D eigenvalue weighted by molar-refractivity contribution is 0.0973. The monoisotopic (exact) mass is 287 g/mol. The summed E-state index contributed by atoms with van der Waals surface area (Å²) in [5.41, 5.74) is 1.82. The molecule has 3 fully saturated rings. The fourth-order valence-corrected chi connectivity index (χ4v) is 3.75. The molecule has 2 aromatic rings. The molecule has 5 rings (SSSR count). The molecular formula is C16H21N3O2. The lowest BCUT2D eigenvalue weighted by Gasteiger charge is -2.44. The molecule has 2 bridgehead atoms. The molecule has 3 saturated heterocycles. The van der Waals surface area contributed by atoms with Gasteiger partial charge < -0.3 is 19.5 Å². The number of aryl methyl sites for hydroxylation is 1. The van der Waals surface area contributed by atoms with Crippen LogP contribution < -0.4 is 10.1 Å². The molecule has 1 aromatic carbocycles. The molecule has 3 aliphatic heterocycles. The number of hydrogen-bond acceptors (Lipinski definition) is 5. The maximum Gasteiger partial charge on any atom is 0.177 e. The summed E-state index contributed by atoms with van der Waals surface area (Å²) in [6, 6.07) is 4.50. The normalized spacial score (nSPS) is 28.0. The van der Waals surface area contributed by atoms with Gasteiger partial charge in [0.2, 0.25) is 0 Å². The van der Waals surface area contributed by atoms with E-state index in [9.17, 15) is 0 Å². The standard InChI is InChI=1S/C16H21N3O2/c1-10-14(20-2)4-3-12-15(10)21-18-16(12)17-13-9-19-7-5-11(13)6-8-19/h3-4,11,13H,5-9H2,1-2H3,(H,17,18). The Morgan fingerprint density at radius 3 is 2.81 bits per heavy atom. The van der Waals surface area contributed by atoms with Gasteiger partial charge in [-0.15, -0.1) is 0 Å². The molecule has 0 aliphatic carbocycles. The predicted octanol–water partition coefficient (Wildman–Crippen LogP) is 2.65. The summed E-state index contributed by atoms with van der Waals surface area (Å²) >= 11 is 0. The maximum atomic E-state index is 5.54. The van der Waals surface area contributed by atoms with Crippen LogP contribution in [0.1, 0.15) is 18.4 Å². The Kier molecular flexibility index (Phi) is 3.03. The molecule has 0 amide bonds. The SMILES string of the molecule is COc1ccc2c(NC3CN4CCC3CC4)noc2c1C. The molecule has 5 heteroatoms. The van der Waals surface area contributed by atoms with E-state index >= 15 is 0 Å². The van der Waals surface area contributed by atoms with Gasteiger partial charge in [-0.05, 0) is 50.9 Å². The number of fused-ring (bicyclic) bond motifs is 4. The first-order valence-corrected chi connectivity index (χ1v) is 7.68. The number of nitrogens with one attached hydrogen (secondary N) is 1. The van der Waals surface area contributed by atoms with Crippen LogP contribution >= 0.6 is 0 Å². The van der Waals surface area contributed by atoms with Crippen molar-refractivity contribution >= 4 is 16.8 Å². The molecule has 21 heavy (non-hydrogen) atoms. The average Bonchev–Trinajstić information content (AvgIpc) is 2.93. The Labute approximate surface area is 124 Å². The lowest BCUT2D eigenvalue weighted by Crippen LogP contribution is -2.53. The highest BCUT2D eigenvalue weighted by atomic mass is 16.5. The van der Waals surface area contributed by atoms with E-state index in [2.05, 4.69) is 15.4 Å². The second kappa shape index (κ2) is 4.91. The summed E-state index contributed by atoms with van der Waals surface area (Å²) in [7, 11) is 1.68. The zero-order valence-electron chi connectivity index (χ0n) is 12.6. The number of hydrogen-bond donors (Lipinski definition) is 1. The number of piperidine rings is 3. The van der Waals surface area contributed by atoms with Crippen molar-refractivity contribution in [2.45, 2.75) is 25.8 Å². The number of rotatable bonds is 3. The molecule has 4 heterocycles. The second-order valence-electron chi connectivity index (χ2n) is 6.19.